The van der Waals surface area contributed by atoms with Gasteiger partial charge in [-0.25, -0.2) is 4.39 Å². The number of hydrogen-bond acceptors (Lipinski definition) is 5. The van der Waals surface area contributed by atoms with E-state index in [1.165, 1.54) is 23.9 Å². The van der Waals surface area contributed by atoms with Crippen molar-refractivity contribution in [3.05, 3.63) is 47.1 Å². The molecule has 2 rings (SSSR count). The third-order valence-electron chi connectivity index (χ3n) is 3.73. The highest BCUT2D eigenvalue weighted by Crippen LogP contribution is 2.26. The standard InChI is InChI=1S/C20H26FN3O3S/c1-12(2)9-22-19(25)17-16(11-28-15-7-5-14(21)6-8-15)24-27-18(17)20(26)23-10-13(3)4/h5-8,12-13H,9-11H2,1-4H3,(H,22,25)(H,23,26). The molecule has 2 aromatic rings. The van der Waals surface area contributed by atoms with Gasteiger partial charge in [0.15, 0.2) is 0 Å². The Labute approximate surface area is 168 Å². The number of nitrogens with one attached hydrogen (secondary N) is 2. The van der Waals surface area contributed by atoms with E-state index in [9.17, 15) is 14.0 Å². The van der Waals surface area contributed by atoms with Crippen LogP contribution in [0, 0.1) is 17.7 Å². The first-order chi connectivity index (χ1) is 13.3. The summed E-state index contributed by atoms with van der Waals surface area (Å²) in [7, 11) is 0. The van der Waals surface area contributed by atoms with Crippen LogP contribution < -0.4 is 10.6 Å². The number of rotatable bonds is 9. The van der Waals surface area contributed by atoms with Crippen LogP contribution in [0.25, 0.3) is 0 Å². The molecule has 0 aliphatic heterocycles. The number of aromatic nitrogens is 1. The highest BCUT2D eigenvalue weighted by atomic mass is 32.2. The van der Waals surface area contributed by atoms with Gasteiger partial charge >= 0.3 is 0 Å². The summed E-state index contributed by atoms with van der Waals surface area (Å²) in [6.45, 7) is 8.85. The van der Waals surface area contributed by atoms with E-state index in [-0.39, 0.29) is 34.9 Å². The van der Waals surface area contributed by atoms with Gasteiger partial charge in [-0.1, -0.05) is 32.9 Å². The molecule has 0 unspecified atom stereocenters. The second-order valence-corrected chi connectivity index (χ2v) is 8.33. The molecule has 1 aromatic heterocycles. The number of carbonyl (C=O) groups is 2. The predicted octanol–water partition coefficient (Wildman–Crippen LogP) is 3.88. The van der Waals surface area contributed by atoms with Gasteiger partial charge in [0.2, 0.25) is 5.76 Å². The molecular formula is C20H26FN3O3S. The van der Waals surface area contributed by atoms with Crippen LogP contribution in [-0.4, -0.2) is 30.1 Å². The van der Waals surface area contributed by atoms with Crippen molar-refractivity contribution < 1.29 is 18.5 Å². The Bertz CT molecular complexity index is 804. The Hall–Kier alpha value is -2.35. The molecule has 0 saturated carbocycles. The number of amides is 2. The highest BCUT2D eigenvalue weighted by molar-refractivity contribution is 7.98. The zero-order valence-electron chi connectivity index (χ0n) is 16.5. The number of halogens is 1. The van der Waals surface area contributed by atoms with E-state index in [2.05, 4.69) is 15.8 Å². The molecule has 0 aliphatic carbocycles. The number of hydrogen-bond donors (Lipinski definition) is 2. The maximum atomic E-state index is 13.1. The molecule has 0 saturated heterocycles. The SMILES string of the molecule is CC(C)CNC(=O)c1onc(CSc2ccc(F)cc2)c1C(=O)NCC(C)C. The van der Waals surface area contributed by atoms with E-state index in [1.54, 1.807) is 12.1 Å². The third-order valence-corrected chi connectivity index (χ3v) is 4.75. The molecule has 1 heterocycles. The topological polar surface area (TPSA) is 84.2 Å². The van der Waals surface area contributed by atoms with Crippen LogP contribution >= 0.6 is 11.8 Å². The first-order valence-corrected chi connectivity index (χ1v) is 10.2. The summed E-state index contributed by atoms with van der Waals surface area (Å²) in [5.74, 6) is -0.414. The Balaban J connectivity index is 2.21. The lowest BCUT2D eigenvalue weighted by Gasteiger charge is -2.09. The molecule has 0 radical (unpaired) electrons. The number of thioether (sulfide) groups is 1. The average molecular weight is 408 g/mol. The van der Waals surface area contributed by atoms with E-state index in [1.807, 2.05) is 27.7 Å². The second-order valence-electron chi connectivity index (χ2n) is 7.28. The largest absolute Gasteiger partial charge is 0.352 e. The van der Waals surface area contributed by atoms with Gasteiger partial charge in [0, 0.05) is 23.7 Å². The first-order valence-electron chi connectivity index (χ1n) is 9.21. The van der Waals surface area contributed by atoms with Crippen molar-refractivity contribution in [2.24, 2.45) is 11.8 Å². The van der Waals surface area contributed by atoms with Crippen molar-refractivity contribution in [3.63, 3.8) is 0 Å². The average Bonchev–Trinajstić information content (AvgIpc) is 3.07. The lowest BCUT2D eigenvalue weighted by Crippen LogP contribution is -2.32. The molecule has 6 nitrogen and oxygen atoms in total. The molecule has 152 valence electrons. The zero-order valence-corrected chi connectivity index (χ0v) is 17.4. The number of nitrogens with zero attached hydrogens (tertiary/aromatic N) is 1. The van der Waals surface area contributed by atoms with Crippen LogP contribution in [0.15, 0.2) is 33.7 Å². The van der Waals surface area contributed by atoms with Crippen LogP contribution in [0.2, 0.25) is 0 Å². The van der Waals surface area contributed by atoms with Gasteiger partial charge in [-0.2, -0.15) is 0 Å². The number of benzene rings is 1. The van der Waals surface area contributed by atoms with E-state index in [0.717, 1.165) is 4.90 Å². The van der Waals surface area contributed by atoms with Crippen molar-refractivity contribution in [1.82, 2.24) is 15.8 Å². The minimum Gasteiger partial charge on any atom is -0.352 e. The summed E-state index contributed by atoms with van der Waals surface area (Å²) in [5, 5.41) is 9.52. The maximum Gasteiger partial charge on any atom is 0.290 e. The molecule has 0 spiro atoms. The van der Waals surface area contributed by atoms with Crippen molar-refractivity contribution in [3.8, 4) is 0 Å². The summed E-state index contributed by atoms with van der Waals surface area (Å²) in [6.07, 6.45) is 0. The van der Waals surface area contributed by atoms with Crippen LogP contribution in [0.1, 0.15) is 54.3 Å². The molecule has 2 amide bonds. The molecule has 2 N–H and O–H groups in total. The van der Waals surface area contributed by atoms with Crippen LogP contribution in [-0.2, 0) is 5.75 Å². The van der Waals surface area contributed by atoms with Crippen molar-refractivity contribution in [2.75, 3.05) is 13.1 Å². The van der Waals surface area contributed by atoms with Gasteiger partial charge in [-0.15, -0.1) is 11.8 Å². The van der Waals surface area contributed by atoms with E-state index in [0.29, 0.717) is 24.5 Å². The maximum absolute atomic E-state index is 13.1. The highest BCUT2D eigenvalue weighted by Gasteiger charge is 2.27. The van der Waals surface area contributed by atoms with Crippen LogP contribution in [0.3, 0.4) is 0 Å². The van der Waals surface area contributed by atoms with Crippen molar-refractivity contribution >= 4 is 23.6 Å². The second kappa shape index (κ2) is 10.3. The van der Waals surface area contributed by atoms with Gasteiger partial charge in [0.05, 0.1) is 0 Å². The molecule has 1 aromatic carbocycles. The molecule has 0 bridgehead atoms. The summed E-state index contributed by atoms with van der Waals surface area (Å²) in [6, 6.07) is 6.03. The zero-order chi connectivity index (χ0) is 20.7. The van der Waals surface area contributed by atoms with Gasteiger partial charge in [-0.05, 0) is 36.1 Å². The van der Waals surface area contributed by atoms with Gasteiger partial charge < -0.3 is 15.2 Å². The molecule has 28 heavy (non-hydrogen) atoms. The van der Waals surface area contributed by atoms with Crippen LogP contribution in [0.4, 0.5) is 4.39 Å². The van der Waals surface area contributed by atoms with Crippen molar-refractivity contribution in [1.29, 1.82) is 0 Å². The Morgan fingerprint density at radius 1 is 1.04 bits per heavy atom. The minimum absolute atomic E-state index is 0.0865. The molecule has 0 fully saturated rings. The summed E-state index contributed by atoms with van der Waals surface area (Å²) in [4.78, 5) is 26.0. The van der Waals surface area contributed by atoms with E-state index in [4.69, 9.17) is 4.52 Å². The molecular weight excluding hydrogens is 381 g/mol. The van der Waals surface area contributed by atoms with Crippen molar-refractivity contribution in [2.45, 2.75) is 38.3 Å². The first kappa shape index (κ1) is 21.9. The molecule has 0 aliphatic rings. The monoisotopic (exact) mass is 407 g/mol. The lowest BCUT2D eigenvalue weighted by molar-refractivity contribution is 0.0887. The Kier molecular flexibility index (Phi) is 8.04. The van der Waals surface area contributed by atoms with Gasteiger partial charge in [0.25, 0.3) is 11.8 Å². The minimum atomic E-state index is -0.464. The summed E-state index contributed by atoms with van der Waals surface area (Å²) >= 11 is 1.38. The Morgan fingerprint density at radius 3 is 2.18 bits per heavy atom. The fourth-order valence-electron chi connectivity index (χ4n) is 2.26. The van der Waals surface area contributed by atoms with E-state index < -0.39 is 5.91 Å². The quantitative estimate of drug-likeness (QED) is 0.617. The fourth-order valence-corrected chi connectivity index (χ4v) is 3.08. The van der Waals surface area contributed by atoms with Gasteiger partial charge in [-0.3, -0.25) is 9.59 Å². The lowest BCUT2D eigenvalue weighted by atomic mass is 10.1. The number of carbonyl (C=O) groups excluding carboxylic acids is 2. The fraction of sp³-hybridized carbons (Fsp3) is 0.450. The summed E-state index contributed by atoms with van der Waals surface area (Å²) < 4.78 is 18.3. The van der Waals surface area contributed by atoms with E-state index >= 15 is 0 Å². The predicted molar refractivity (Wildman–Crippen MR) is 107 cm³/mol. The smallest absolute Gasteiger partial charge is 0.290 e. The molecule has 8 heteroatoms. The Morgan fingerprint density at radius 2 is 1.61 bits per heavy atom. The third kappa shape index (κ3) is 6.37. The molecule has 0 atom stereocenters. The van der Waals surface area contributed by atoms with Gasteiger partial charge in [0.1, 0.15) is 17.1 Å². The normalized spacial score (nSPS) is 11.1. The summed E-state index contributed by atoms with van der Waals surface area (Å²) in [5.41, 5.74) is 0.529. The van der Waals surface area contributed by atoms with Crippen LogP contribution in [0.5, 0.6) is 0 Å².